The second-order valence-corrected chi connectivity index (χ2v) is 2.24. The van der Waals surface area contributed by atoms with Gasteiger partial charge in [-0.2, -0.15) is 0 Å². The third-order valence-corrected chi connectivity index (χ3v) is 1.46. The Kier molecular flexibility index (Phi) is 2.26. The molecule has 1 heterocycles. The molecule has 1 rings (SSSR count). The van der Waals surface area contributed by atoms with Gasteiger partial charge >= 0.3 is 0 Å². The second-order valence-electron chi connectivity index (χ2n) is 2.24. The van der Waals surface area contributed by atoms with Gasteiger partial charge < -0.3 is 4.52 Å². The fraction of sp³-hybridized carbons (Fsp3) is 0.222. The van der Waals surface area contributed by atoms with E-state index >= 15 is 0 Å². The van der Waals surface area contributed by atoms with Crippen LogP contribution in [0.2, 0.25) is 0 Å². The van der Waals surface area contributed by atoms with Gasteiger partial charge in [-0.15, -0.1) is 0 Å². The van der Waals surface area contributed by atoms with E-state index in [2.05, 4.69) is 11.7 Å². The molecule has 0 aromatic carbocycles. The molecular weight excluding hydrogens is 138 g/mol. The van der Waals surface area contributed by atoms with Crippen LogP contribution in [0.25, 0.3) is 12.2 Å². The van der Waals surface area contributed by atoms with Crippen LogP contribution in [0.5, 0.6) is 0 Å². The van der Waals surface area contributed by atoms with Gasteiger partial charge in [-0.25, -0.2) is 0 Å². The van der Waals surface area contributed by atoms with Crippen LogP contribution < -0.4 is 0 Å². The topological polar surface area (TPSA) is 26.0 Å². The van der Waals surface area contributed by atoms with Crippen LogP contribution >= 0.6 is 0 Å². The van der Waals surface area contributed by atoms with Crippen molar-refractivity contribution in [1.29, 1.82) is 0 Å². The first-order valence-corrected chi connectivity index (χ1v) is 3.51. The third kappa shape index (κ3) is 1.40. The number of aromatic nitrogens is 1. The van der Waals surface area contributed by atoms with E-state index in [4.69, 9.17) is 4.52 Å². The molecule has 1 aromatic heterocycles. The summed E-state index contributed by atoms with van der Waals surface area (Å²) in [5.74, 6) is 0.831. The van der Waals surface area contributed by atoms with Gasteiger partial charge in [0.2, 0.25) is 0 Å². The molecule has 0 radical (unpaired) electrons. The molecule has 0 aliphatic heterocycles. The summed E-state index contributed by atoms with van der Waals surface area (Å²) in [5.41, 5.74) is 1.82. The normalized spacial score (nSPS) is 10.7. The monoisotopic (exact) mass is 149 g/mol. The van der Waals surface area contributed by atoms with E-state index in [1.54, 1.807) is 6.08 Å². The molecule has 0 unspecified atom stereocenters. The maximum absolute atomic E-state index is 4.97. The second kappa shape index (κ2) is 3.19. The van der Waals surface area contributed by atoms with Gasteiger partial charge in [0.15, 0.2) is 0 Å². The van der Waals surface area contributed by atoms with E-state index in [-0.39, 0.29) is 0 Å². The van der Waals surface area contributed by atoms with Gasteiger partial charge in [0.05, 0.1) is 0 Å². The lowest BCUT2D eigenvalue weighted by molar-refractivity contribution is 0.396. The maximum atomic E-state index is 4.97. The number of rotatable bonds is 2. The molecular formula is C9H11NO. The van der Waals surface area contributed by atoms with Crippen molar-refractivity contribution in [2.45, 2.75) is 13.8 Å². The number of nitrogens with zero attached hydrogens (tertiary/aromatic N) is 1. The van der Waals surface area contributed by atoms with E-state index in [1.165, 1.54) is 0 Å². The van der Waals surface area contributed by atoms with Gasteiger partial charge in [0.1, 0.15) is 11.5 Å². The first-order chi connectivity index (χ1) is 5.29. The molecule has 0 aliphatic carbocycles. The van der Waals surface area contributed by atoms with E-state index in [0.29, 0.717) is 0 Å². The molecule has 2 heteroatoms. The Hall–Kier alpha value is -1.31. The molecule has 0 fully saturated rings. The summed E-state index contributed by atoms with van der Waals surface area (Å²) in [5, 5.41) is 3.81. The van der Waals surface area contributed by atoms with Gasteiger partial charge in [-0.05, 0) is 19.9 Å². The Bertz CT molecular complexity index is 284. The molecule has 0 saturated carbocycles. The van der Waals surface area contributed by atoms with E-state index in [0.717, 1.165) is 17.0 Å². The SMILES string of the molecule is C=Cc1noc(C)c1/C=C\C. The predicted octanol–water partition coefficient (Wildman–Crippen LogP) is 2.66. The first-order valence-electron chi connectivity index (χ1n) is 3.51. The minimum Gasteiger partial charge on any atom is -0.360 e. The summed E-state index contributed by atoms with van der Waals surface area (Å²) in [7, 11) is 0. The number of allylic oxidation sites excluding steroid dienone is 1. The van der Waals surface area contributed by atoms with Crippen LogP contribution in [0.15, 0.2) is 17.2 Å². The molecule has 0 N–H and O–H groups in total. The molecule has 0 aliphatic rings. The highest BCUT2D eigenvalue weighted by atomic mass is 16.5. The average Bonchev–Trinajstić information content (AvgIpc) is 2.34. The van der Waals surface area contributed by atoms with Gasteiger partial charge in [0, 0.05) is 5.56 Å². The summed E-state index contributed by atoms with van der Waals surface area (Å²) >= 11 is 0. The minimum absolute atomic E-state index is 0.806. The molecule has 1 aromatic rings. The highest BCUT2D eigenvalue weighted by Gasteiger charge is 2.04. The molecule has 0 bridgehead atoms. The molecule has 11 heavy (non-hydrogen) atoms. The first kappa shape index (κ1) is 7.79. The standard InChI is InChI=1S/C9H11NO/c1-4-6-8-7(3)11-10-9(8)5-2/h4-6H,2H2,1,3H3/b6-4-. The quantitative estimate of drug-likeness (QED) is 0.646. The highest BCUT2D eigenvalue weighted by Crippen LogP contribution is 2.15. The van der Waals surface area contributed by atoms with Crippen LogP contribution in [0.1, 0.15) is 23.9 Å². The Morgan fingerprint density at radius 1 is 1.55 bits per heavy atom. The van der Waals surface area contributed by atoms with Crippen molar-refractivity contribution in [3.05, 3.63) is 29.7 Å². The smallest absolute Gasteiger partial charge is 0.141 e. The van der Waals surface area contributed by atoms with E-state index in [9.17, 15) is 0 Å². The van der Waals surface area contributed by atoms with Gasteiger partial charge in [0.25, 0.3) is 0 Å². The summed E-state index contributed by atoms with van der Waals surface area (Å²) in [6.07, 6.45) is 5.60. The molecule has 0 saturated heterocycles. The van der Waals surface area contributed by atoms with Crippen molar-refractivity contribution >= 4 is 12.2 Å². The molecule has 0 spiro atoms. The van der Waals surface area contributed by atoms with Crippen molar-refractivity contribution in [2.24, 2.45) is 0 Å². The number of hydrogen-bond acceptors (Lipinski definition) is 2. The minimum atomic E-state index is 0.806. The molecule has 2 nitrogen and oxygen atoms in total. The Balaban J connectivity index is 3.17. The third-order valence-electron chi connectivity index (χ3n) is 1.46. The van der Waals surface area contributed by atoms with Crippen LogP contribution in [0, 0.1) is 6.92 Å². The molecule has 0 amide bonds. The van der Waals surface area contributed by atoms with Crippen LogP contribution in [-0.4, -0.2) is 5.16 Å². The lowest BCUT2D eigenvalue weighted by Gasteiger charge is -1.86. The zero-order valence-electron chi connectivity index (χ0n) is 6.79. The van der Waals surface area contributed by atoms with Crippen molar-refractivity contribution < 1.29 is 4.52 Å². The Morgan fingerprint density at radius 2 is 2.27 bits per heavy atom. The Morgan fingerprint density at radius 3 is 2.82 bits per heavy atom. The average molecular weight is 149 g/mol. The van der Waals surface area contributed by atoms with Gasteiger partial charge in [-0.1, -0.05) is 23.9 Å². The number of aryl methyl sites for hydroxylation is 1. The van der Waals surface area contributed by atoms with Crippen LogP contribution in [-0.2, 0) is 0 Å². The summed E-state index contributed by atoms with van der Waals surface area (Å²) in [6, 6.07) is 0. The highest BCUT2D eigenvalue weighted by molar-refractivity contribution is 5.62. The lowest BCUT2D eigenvalue weighted by Crippen LogP contribution is -1.75. The zero-order valence-corrected chi connectivity index (χ0v) is 6.79. The van der Waals surface area contributed by atoms with E-state index < -0.39 is 0 Å². The Labute approximate surface area is 66.2 Å². The fourth-order valence-electron chi connectivity index (χ4n) is 0.913. The maximum Gasteiger partial charge on any atom is 0.141 e. The largest absolute Gasteiger partial charge is 0.360 e. The van der Waals surface area contributed by atoms with E-state index in [1.807, 2.05) is 26.0 Å². The molecule has 0 atom stereocenters. The van der Waals surface area contributed by atoms with Crippen molar-refractivity contribution in [3.63, 3.8) is 0 Å². The predicted molar refractivity (Wildman–Crippen MR) is 46.0 cm³/mol. The fourth-order valence-corrected chi connectivity index (χ4v) is 0.913. The summed E-state index contributed by atoms with van der Waals surface area (Å²) < 4.78 is 4.97. The van der Waals surface area contributed by atoms with Crippen LogP contribution in [0.4, 0.5) is 0 Å². The van der Waals surface area contributed by atoms with Crippen molar-refractivity contribution in [2.75, 3.05) is 0 Å². The van der Waals surface area contributed by atoms with Crippen molar-refractivity contribution in [1.82, 2.24) is 5.16 Å². The number of hydrogen-bond donors (Lipinski definition) is 0. The zero-order chi connectivity index (χ0) is 8.27. The summed E-state index contributed by atoms with van der Waals surface area (Å²) in [6.45, 7) is 7.47. The van der Waals surface area contributed by atoms with Crippen LogP contribution in [0.3, 0.4) is 0 Å². The van der Waals surface area contributed by atoms with Gasteiger partial charge in [-0.3, -0.25) is 0 Å². The summed E-state index contributed by atoms with van der Waals surface area (Å²) in [4.78, 5) is 0. The van der Waals surface area contributed by atoms with Crippen molar-refractivity contribution in [3.8, 4) is 0 Å². The molecule has 58 valence electrons. The lowest BCUT2D eigenvalue weighted by atomic mass is 10.2.